The van der Waals surface area contributed by atoms with Gasteiger partial charge in [-0.2, -0.15) is 0 Å². The summed E-state index contributed by atoms with van der Waals surface area (Å²) in [6.45, 7) is -11.4. The third-order valence-corrected chi connectivity index (χ3v) is 17.8. The smallest absolute Gasteiger partial charge is 0.347 e. The molecule has 57 heavy (non-hydrogen) atoms. The third-order valence-electron chi connectivity index (χ3n) is 8.43. The predicted molar refractivity (Wildman–Crippen MR) is 195 cm³/mol. The molecule has 6 heterocycles. The van der Waals surface area contributed by atoms with Crippen molar-refractivity contribution in [1.29, 1.82) is 0 Å². The van der Waals surface area contributed by atoms with E-state index in [0.717, 1.165) is 0 Å². The lowest BCUT2D eigenvalue weighted by Crippen LogP contribution is -2.46. The predicted octanol–water partition coefficient (Wildman–Crippen LogP) is -4.66. The van der Waals surface area contributed by atoms with Gasteiger partial charge < -0.3 is 70.0 Å². The maximum atomic E-state index is 12.8. The average molecular weight is 929 g/mol. The number of aliphatic hydroxyl groups is 4. The van der Waals surface area contributed by atoms with Gasteiger partial charge in [0.1, 0.15) is 36.6 Å². The Bertz CT molecular complexity index is 2370. The van der Waals surface area contributed by atoms with Gasteiger partial charge >= 0.3 is 39.9 Å². The number of aryl methyl sites for hydroxylation is 2. The first-order valence-corrected chi connectivity index (χ1v) is 24.6. The largest absolute Gasteiger partial charge is 0.387 e. The number of anilines is 2. The minimum atomic E-state index is -5.45. The number of rotatable bonds is 14. The highest BCUT2D eigenvalue weighted by atomic mass is 32.5. The fourth-order valence-electron chi connectivity index (χ4n) is 6.09. The zero-order chi connectivity index (χ0) is 42.2. The number of nitrogens with one attached hydrogen (secondary N) is 2. The van der Waals surface area contributed by atoms with Crippen LogP contribution in [0.5, 0.6) is 0 Å². The van der Waals surface area contributed by atoms with Gasteiger partial charge in [-0.1, -0.05) is 9.97 Å². The van der Waals surface area contributed by atoms with Gasteiger partial charge in [0, 0.05) is 0 Å². The number of hydrogen-bond acceptors (Lipinski definition) is 20. The number of nitrogen functional groups attached to an aromatic ring is 2. The van der Waals surface area contributed by atoms with E-state index >= 15 is 0 Å². The van der Waals surface area contributed by atoms with Crippen molar-refractivity contribution in [2.75, 3.05) is 30.6 Å². The Labute approximate surface area is 327 Å². The van der Waals surface area contributed by atoms with E-state index in [1.54, 1.807) is 0 Å². The van der Waals surface area contributed by atoms with Gasteiger partial charge in [0.25, 0.3) is 23.0 Å². The Morgan fingerprint density at radius 3 is 1.44 bits per heavy atom. The standard InChI is InChI=1S/C23H34N10O18P4S2/c1-30-5-32(16-10(30)18(38)28-22(24)26-16)20-14(36)12(34)8(48-20)3-46-54(44,56)50-52(40,41)7-53(42,43)51-55(45,57)47-4-9-13(35)15(37)21(49-9)33-6-31(2)11-17(33)27-23(25)29-19(11)39/h5-6,8-9,12-15,20-21,34-37H,3-4,7H2,1-2H3,(H8-2,24,25,26,27,28,29,38,39,40,41,42,43,44,45,56,57)/p+2/t8-,9-,12-,13-,14-,15-,20-,21-,54?,55?/m1/s1. The molecule has 0 amide bonds. The number of ether oxygens (including phenoxy) is 2. The zero-order valence-corrected chi connectivity index (χ0v) is 34.2. The second-order valence-corrected chi connectivity index (χ2v) is 22.9. The molecule has 4 aromatic rings. The quantitative estimate of drug-likeness (QED) is 0.0418. The van der Waals surface area contributed by atoms with Gasteiger partial charge in [-0.3, -0.25) is 37.8 Å². The molecule has 4 unspecified atom stereocenters. The number of imidazole rings is 2. The molecule has 14 N–H and O–H groups in total. The van der Waals surface area contributed by atoms with E-state index in [0.29, 0.717) is 0 Å². The molecule has 0 bridgehead atoms. The molecule has 0 radical (unpaired) electrons. The summed E-state index contributed by atoms with van der Waals surface area (Å²) in [6.07, 6.45) is -9.90. The molecule has 6 rings (SSSR count). The Balaban J connectivity index is 1.04. The van der Waals surface area contributed by atoms with Crippen LogP contribution in [-0.2, 0) is 74.0 Å². The highest BCUT2D eigenvalue weighted by molar-refractivity contribution is 8.09. The molecule has 34 heteroatoms. The van der Waals surface area contributed by atoms with Crippen LogP contribution < -0.4 is 31.7 Å². The number of H-pyrrole nitrogens is 2. The maximum Gasteiger partial charge on any atom is 0.347 e. The molecule has 0 spiro atoms. The molecule has 2 saturated heterocycles. The highest BCUT2D eigenvalue weighted by Crippen LogP contribution is 2.70. The van der Waals surface area contributed by atoms with Crippen LogP contribution in [0.2, 0.25) is 0 Å². The number of aliphatic hydroxyl groups excluding tert-OH is 4. The summed E-state index contributed by atoms with van der Waals surface area (Å²) in [5.74, 6) is -2.34. The van der Waals surface area contributed by atoms with Crippen molar-refractivity contribution in [1.82, 2.24) is 29.1 Å². The van der Waals surface area contributed by atoms with Gasteiger partial charge in [0.05, 0.1) is 27.3 Å². The van der Waals surface area contributed by atoms with Gasteiger partial charge in [-0.05, 0) is 23.6 Å². The second kappa shape index (κ2) is 15.8. The molecular formula is C23H36N10O18P4S2+2. The third kappa shape index (κ3) is 9.30. The van der Waals surface area contributed by atoms with Crippen molar-refractivity contribution < 1.29 is 85.4 Å². The normalized spacial score (nSPS) is 29.6. The van der Waals surface area contributed by atoms with E-state index < -0.39 is 108 Å². The molecule has 12 atom stereocenters. The second-order valence-electron chi connectivity index (χ2n) is 12.7. The van der Waals surface area contributed by atoms with E-state index in [1.165, 1.54) is 45.0 Å². The van der Waals surface area contributed by atoms with E-state index in [-0.39, 0.29) is 34.2 Å². The lowest BCUT2D eigenvalue weighted by molar-refractivity contribution is -0.746. The van der Waals surface area contributed by atoms with Crippen molar-refractivity contribution in [2.45, 2.75) is 49.1 Å². The SMILES string of the molecule is Cn1c[n+]([C@@H]2O[C@H](COP(O)(=S)OP(=O)(O)CP(=O)(O)OP(O)(=S)OC[C@H]3O[C@@H]([n+]4cn(C)c5c(=O)[nH]c(N)nc54)[C@H](O)[C@@H]3O)[C@@H](O)[C@H]2O)c2nc(N)[nH]c(=O)c21. The van der Waals surface area contributed by atoms with Crippen LogP contribution in [0.3, 0.4) is 0 Å². The molecule has 2 aliphatic heterocycles. The summed E-state index contributed by atoms with van der Waals surface area (Å²) in [4.78, 5) is 79.1. The molecule has 2 fully saturated rings. The van der Waals surface area contributed by atoms with Crippen LogP contribution in [0.4, 0.5) is 11.9 Å². The number of hydrogen-bond donors (Lipinski definition) is 12. The summed E-state index contributed by atoms with van der Waals surface area (Å²) < 4.78 is 61.3. The van der Waals surface area contributed by atoms with E-state index in [2.05, 4.69) is 28.6 Å². The van der Waals surface area contributed by atoms with Crippen LogP contribution >= 0.6 is 28.6 Å². The monoisotopic (exact) mass is 928 g/mol. The Kier molecular flexibility index (Phi) is 12.2. The van der Waals surface area contributed by atoms with Crippen molar-refractivity contribution in [3.63, 3.8) is 0 Å². The first-order chi connectivity index (χ1) is 26.3. The maximum absolute atomic E-state index is 12.8. The molecular weight excluding hydrogens is 892 g/mol. The molecule has 28 nitrogen and oxygen atoms in total. The summed E-state index contributed by atoms with van der Waals surface area (Å²) in [7, 11) is -7.91. The Morgan fingerprint density at radius 1 is 0.737 bits per heavy atom. The van der Waals surface area contributed by atoms with Crippen molar-refractivity contribution in [3.05, 3.63) is 33.4 Å². The topological polar surface area (TPSA) is 413 Å². The minimum Gasteiger partial charge on any atom is -0.387 e. The Hall–Kier alpha value is -2.50. The molecule has 0 saturated carbocycles. The summed E-state index contributed by atoms with van der Waals surface area (Å²) in [6, 6.07) is 0. The lowest BCUT2D eigenvalue weighted by atomic mass is 10.1. The fraction of sp³-hybridized carbons (Fsp3) is 0.565. The summed E-state index contributed by atoms with van der Waals surface area (Å²) in [5, 5.41) is 42.6. The first-order valence-electron chi connectivity index (χ1n) is 15.8. The molecule has 316 valence electrons. The van der Waals surface area contributed by atoms with E-state index in [1.807, 2.05) is 0 Å². The van der Waals surface area contributed by atoms with Gasteiger partial charge in [0.15, 0.2) is 18.6 Å². The summed E-state index contributed by atoms with van der Waals surface area (Å²) in [5.41, 5.74) is 10.1. The lowest BCUT2D eigenvalue weighted by Gasteiger charge is -2.24. The van der Waals surface area contributed by atoms with Crippen LogP contribution in [0.25, 0.3) is 22.3 Å². The van der Waals surface area contributed by atoms with Crippen molar-refractivity contribution in [2.24, 2.45) is 14.1 Å². The van der Waals surface area contributed by atoms with Gasteiger partial charge in [0.2, 0.25) is 23.5 Å². The van der Waals surface area contributed by atoms with E-state index in [9.17, 15) is 58.7 Å². The number of nitrogens with zero attached hydrogens (tertiary/aromatic N) is 6. The van der Waals surface area contributed by atoms with Gasteiger partial charge in [-0.25, -0.2) is 17.8 Å². The number of nitrogens with two attached hydrogens (primary N) is 2. The average Bonchev–Trinajstić information content (AvgIpc) is 3.74. The van der Waals surface area contributed by atoms with Crippen LogP contribution in [0, 0.1) is 0 Å². The number of fused-ring (bicyclic) bond motifs is 2. The molecule has 4 aromatic heterocycles. The molecule has 0 aliphatic carbocycles. The molecule has 0 aromatic carbocycles. The highest BCUT2D eigenvalue weighted by Gasteiger charge is 2.50. The summed E-state index contributed by atoms with van der Waals surface area (Å²) >= 11 is 9.50. The van der Waals surface area contributed by atoms with Gasteiger partial charge in [-0.15, -0.1) is 0 Å². The van der Waals surface area contributed by atoms with Crippen LogP contribution in [-0.4, -0.2) is 125 Å². The number of aromatic nitrogens is 8. The Morgan fingerprint density at radius 2 is 1.09 bits per heavy atom. The zero-order valence-electron chi connectivity index (χ0n) is 29.0. The fourth-order valence-corrected chi connectivity index (χ4v) is 15.1. The van der Waals surface area contributed by atoms with E-state index in [4.69, 9.17) is 53.6 Å². The molecule has 2 aliphatic rings. The van der Waals surface area contributed by atoms with Crippen LogP contribution in [0.1, 0.15) is 12.5 Å². The number of aromatic amines is 2. The van der Waals surface area contributed by atoms with Crippen molar-refractivity contribution >= 4 is 86.5 Å². The first kappa shape index (κ1) is 44.1. The minimum absolute atomic E-state index is 0.0282. The van der Waals surface area contributed by atoms with Crippen molar-refractivity contribution in [3.8, 4) is 0 Å². The van der Waals surface area contributed by atoms with Crippen LogP contribution in [0.15, 0.2) is 22.2 Å².